The molecule has 0 aliphatic rings. The van der Waals surface area contributed by atoms with Crippen LogP contribution < -0.4 is 15.2 Å². The first-order valence-electron chi connectivity index (χ1n) is 13.0. The summed E-state index contributed by atoms with van der Waals surface area (Å²) in [6.07, 6.45) is 1.63. The molecule has 0 aliphatic heterocycles. The van der Waals surface area contributed by atoms with Crippen LogP contribution in [0, 0.1) is 5.41 Å². The summed E-state index contributed by atoms with van der Waals surface area (Å²) in [6, 6.07) is 29.5. The van der Waals surface area contributed by atoms with Crippen LogP contribution in [0.15, 0.2) is 91.0 Å². The molecule has 0 saturated heterocycles. The van der Waals surface area contributed by atoms with Gasteiger partial charge in [-0.1, -0.05) is 81.8 Å². The summed E-state index contributed by atoms with van der Waals surface area (Å²) in [7, 11) is 0. The van der Waals surface area contributed by atoms with Crippen LogP contribution in [0.4, 0.5) is 0 Å². The van der Waals surface area contributed by atoms with Gasteiger partial charge in [0.1, 0.15) is 36.3 Å². The molecule has 0 unspecified atom stereocenters. The van der Waals surface area contributed by atoms with Gasteiger partial charge in [0.25, 0.3) is 0 Å². The van der Waals surface area contributed by atoms with Crippen molar-refractivity contribution in [1.29, 1.82) is 5.41 Å². The van der Waals surface area contributed by atoms with Crippen LogP contribution in [0.1, 0.15) is 60.6 Å². The molecule has 4 N–H and O–H groups in total. The summed E-state index contributed by atoms with van der Waals surface area (Å²) < 4.78 is 12.2. The number of rotatable bonds is 11. The van der Waals surface area contributed by atoms with E-state index in [2.05, 4.69) is 39.0 Å². The first kappa shape index (κ1) is 26.8. The van der Waals surface area contributed by atoms with Gasteiger partial charge in [0.15, 0.2) is 0 Å². The van der Waals surface area contributed by atoms with E-state index in [0.717, 1.165) is 46.4 Å². The highest BCUT2D eigenvalue weighted by molar-refractivity contribution is 5.94. The monoisotopic (exact) mass is 508 g/mol. The summed E-state index contributed by atoms with van der Waals surface area (Å²) in [5, 5.41) is 18.8. The van der Waals surface area contributed by atoms with Crippen LogP contribution in [0.3, 0.4) is 0 Å². The zero-order valence-corrected chi connectivity index (χ0v) is 22.3. The maximum atomic E-state index is 11.3. The number of ether oxygens (including phenoxy) is 2. The van der Waals surface area contributed by atoms with E-state index in [0.29, 0.717) is 30.3 Å². The third-order valence-electron chi connectivity index (χ3n) is 6.87. The maximum absolute atomic E-state index is 11.3. The second-order valence-electron chi connectivity index (χ2n) is 10.0. The van der Waals surface area contributed by atoms with Crippen LogP contribution in [0.2, 0.25) is 0 Å². The Labute approximate surface area is 225 Å². The van der Waals surface area contributed by atoms with Crippen molar-refractivity contribution in [3.8, 4) is 17.2 Å². The van der Waals surface area contributed by atoms with E-state index in [1.807, 2.05) is 60.7 Å². The Bertz CT molecular complexity index is 1380. The van der Waals surface area contributed by atoms with Crippen molar-refractivity contribution < 1.29 is 14.6 Å². The molecule has 5 nitrogen and oxygen atoms in total. The van der Waals surface area contributed by atoms with Crippen LogP contribution in [0.25, 0.3) is 0 Å². The Morgan fingerprint density at radius 2 is 1.50 bits per heavy atom. The Morgan fingerprint density at radius 3 is 2.13 bits per heavy atom. The maximum Gasteiger partial charge on any atom is 0.126 e. The molecule has 0 spiro atoms. The van der Waals surface area contributed by atoms with Crippen molar-refractivity contribution in [3.05, 3.63) is 124 Å². The van der Waals surface area contributed by atoms with Crippen molar-refractivity contribution in [1.82, 2.24) is 0 Å². The molecule has 0 aromatic heterocycles. The van der Waals surface area contributed by atoms with Gasteiger partial charge in [-0.2, -0.15) is 0 Å². The van der Waals surface area contributed by atoms with Crippen molar-refractivity contribution in [2.45, 2.75) is 52.2 Å². The van der Waals surface area contributed by atoms with Gasteiger partial charge in [0, 0.05) is 22.1 Å². The van der Waals surface area contributed by atoms with Crippen LogP contribution in [-0.2, 0) is 25.0 Å². The van der Waals surface area contributed by atoms with E-state index >= 15 is 0 Å². The minimum atomic E-state index is -0.340. The van der Waals surface area contributed by atoms with Gasteiger partial charge in [-0.25, -0.2) is 0 Å². The predicted octanol–water partition coefficient (Wildman–Crippen LogP) is 7.11. The third kappa shape index (κ3) is 6.17. The summed E-state index contributed by atoms with van der Waals surface area (Å²) in [4.78, 5) is 0. The summed E-state index contributed by atoms with van der Waals surface area (Å²) in [5.41, 5.74) is 10.8. The van der Waals surface area contributed by atoms with E-state index in [1.54, 1.807) is 12.1 Å². The third-order valence-corrected chi connectivity index (χ3v) is 6.87. The first-order chi connectivity index (χ1) is 18.3. The molecule has 0 atom stereocenters. The lowest BCUT2D eigenvalue weighted by molar-refractivity contribution is 0.296. The quantitative estimate of drug-likeness (QED) is 0.149. The van der Waals surface area contributed by atoms with Gasteiger partial charge in [0.2, 0.25) is 0 Å². The van der Waals surface area contributed by atoms with E-state index in [1.165, 1.54) is 0 Å². The van der Waals surface area contributed by atoms with E-state index in [4.69, 9.17) is 20.6 Å². The fourth-order valence-electron chi connectivity index (χ4n) is 4.63. The number of nitrogens with two attached hydrogens (primary N) is 1. The standard InChI is InChI=1S/C33H36N2O3/c1-4-9-28-30(19-18-29(31(28)36)33(2,3)26-12-6-5-7-13-26)38-22-24-11-8-10-23(20-24)21-37-27-16-14-25(15-17-27)32(34)35/h5-8,10-20,36H,4,9,21-22H2,1-3H3,(H3,34,35). The zero-order valence-electron chi connectivity index (χ0n) is 22.3. The molecule has 196 valence electrons. The van der Waals surface area contributed by atoms with Gasteiger partial charge >= 0.3 is 0 Å². The van der Waals surface area contributed by atoms with Crippen LogP contribution >= 0.6 is 0 Å². The predicted molar refractivity (Wildman–Crippen MR) is 153 cm³/mol. The topological polar surface area (TPSA) is 88.6 Å². The minimum absolute atomic E-state index is 0.0363. The number of aromatic hydroxyl groups is 1. The Kier molecular flexibility index (Phi) is 8.37. The number of phenolic OH excluding ortho intramolecular Hbond substituents is 1. The normalized spacial score (nSPS) is 11.2. The molecule has 38 heavy (non-hydrogen) atoms. The van der Waals surface area contributed by atoms with Crippen molar-refractivity contribution >= 4 is 5.84 Å². The fourth-order valence-corrected chi connectivity index (χ4v) is 4.63. The Balaban J connectivity index is 1.47. The zero-order chi connectivity index (χ0) is 27.1. The number of phenols is 1. The van der Waals surface area contributed by atoms with Gasteiger partial charge in [-0.05, 0) is 59.5 Å². The molecule has 0 aliphatic carbocycles. The highest BCUT2D eigenvalue weighted by atomic mass is 16.5. The lowest BCUT2D eigenvalue weighted by Gasteiger charge is -2.28. The molecule has 0 radical (unpaired) electrons. The van der Waals surface area contributed by atoms with Gasteiger partial charge in [-0.3, -0.25) is 5.41 Å². The van der Waals surface area contributed by atoms with E-state index in [-0.39, 0.29) is 11.3 Å². The second kappa shape index (κ2) is 11.9. The smallest absolute Gasteiger partial charge is 0.126 e. The highest BCUT2D eigenvalue weighted by Gasteiger charge is 2.28. The van der Waals surface area contributed by atoms with Crippen molar-refractivity contribution in [2.75, 3.05) is 0 Å². The largest absolute Gasteiger partial charge is 0.507 e. The number of nitrogen functional groups attached to an aromatic ring is 1. The van der Waals surface area contributed by atoms with Crippen LogP contribution in [-0.4, -0.2) is 10.9 Å². The molecule has 5 heteroatoms. The molecule has 4 aromatic carbocycles. The van der Waals surface area contributed by atoms with Crippen molar-refractivity contribution in [3.63, 3.8) is 0 Å². The molecule has 0 fully saturated rings. The van der Waals surface area contributed by atoms with Crippen molar-refractivity contribution in [2.24, 2.45) is 5.73 Å². The van der Waals surface area contributed by atoms with Gasteiger partial charge < -0.3 is 20.3 Å². The molecule has 0 amide bonds. The number of hydrogen-bond donors (Lipinski definition) is 3. The summed E-state index contributed by atoms with van der Waals surface area (Å²) in [5.74, 6) is 1.78. The molecule has 0 bridgehead atoms. The average molecular weight is 509 g/mol. The second-order valence-corrected chi connectivity index (χ2v) is 10.0. The number of benzene rings is 4. The van der Waals surface area contributed by atoms with Gasteiger partial charge in [-0.15, -0.1) is 0 Å². The minimum Gasteiger partial charge on any atom is -0.507 e. The summed E-state index contributed by atoms with van der Waals surface area (Å²) >= 11 is 0. The number of amidine groups is 1. The molecule has 0 heterocycles. The van der Waals surface area contributed by atoms with E-state index in [9.17, 15) is 5.11 Å². The number of nitrogens with one attached hydrogen (secondary N) is 1. The summed E-state index contributed by atoms with van der Waals surface area (Å²) in [6.45, 7) is 7.18. The SMILES string of the molecule is CCCc1c(OCc2cccc(COc3ccc(C(=N)N)cc3)c2)ccc(C(C)(C)c2ccccc2)c1O. The molecular weight excluding hydrogens is 472 g/mol. The fraction of sp³-hybridized carbons (Fsp3) is 0.242. The lowest BCUT2D eigenvalue weighted by atomic mass is 9.77. The van der Waals surface area contributed by atoms with Crippen LogP contribution in [0.5, 0.6) is 17.2 Å². The Morgan fingerprint density at radius 1 is 0.842 bits per heavy atom. The molecule has 4 rings (SSSR count). The molecule has 0 saturated carbocycles. The van der Waals surface area contributed by atoms with Gasteiger partial charge in [0.05, 0.1) is 0 Å². The average Bonchev–Trinajstić information content (AvgIpc) is 2.93. The molecular formula is C33H36N2O3. The lowest BCUT2D eigenvalue weighted by Crippen LogP contribution is -2.19. The van der Waals surface area contributed by atoms with E-state index < -0.39 is 0 Å². The number of hydrogen-bond acceptors (Lipinski definition) is 4. The Hall–Kier alpha value is -4.25. The first-order valence-corrected chi connectivity index (χ1v) is 13.0. The molecule has 4 aromatic rings. The highest BCUT2D eigenvalue weighted by Crippen LogP contribution is 2.42.